The van der Waals surface area contributed by atoms with Gasteiger partial charge < -0.3 is 5.21 Å². The summed E-state index contributed by atoms with van der Waals surface area (Å²) in [4.78, 5) is 25.2. The minimum absolute atomic E-state index is 0.00369. The van der Waals surface area contributed by atoms with Gasteiger partial charge in [-0.25, -0.2) is 9.97 Å². The van der Waals surface area contributed by atoms with E-state index in [-0.39, 0.29) is 11.8 Å². The van der Waals surface area contributed by atoms with Gasteiger partial charge in [0.15, 0.2) is 5.13 Å². The smallest absolute Gasteiger partial charge is 0.234 e. The van der Waals surface area contributed by atoms with E-state index in [1.165, 1.54) is 22.0 Å². The molecule has 0 aliphatic carbocycles. The van der Waals surface area contributed by atoms with Crippen LogP contribution in [0, 0.1) is 26.7 Å². The summed E-state index contributed by atoms with van der Waals surface area (Å²) in [5.41, 5.74) is 4.07. The molecule has 4 rings (SSSR count). The summed E-state index contributed by atoms with van der Waals surface area (Å²) in [5, 5.41) is 14.3. The van der Waals surface area contributed by atoms with Crippen molar-refractivity contribution in [2.45, 2.75) is 27.3 Å². The van der Waals surface area contributed by atoms with Crippen molar-refractivity contribution in [3.8, 4) is 10.6 Å². The van der Waals surface area contributed by atoms with Crippen molar-refractivity contribution in [2.75, 3.05) is 18.0 Å². The molecule has 0 unspecified atom stereocenters. The standard InChI is InChI=1S/C20H22N4O2S2/c1-12-4-6-15(7-5-12)8-24(19(25)16-9-23(26)10-16)20-22-17(11-27-20)18-13(2)21-14(3)28-18/h4-7,11,16,26H,8-10H2,1-3H3. The normalized spacial score (nSPS) is 14.9. The molecule has 0 atom stereocenters. The summed E-state index contributed by atoms with van der Waals surface area (Å²) in [5.74, 6) is -0.195. The maximum absolute atomic E-state index is 13.1. The molecule has 1 amide bonds. The Bertz CT molecular complexity index is 990. The molecule has 1 saturated heterocycles. The van der Waals surface area contributed by atoms with E-state index >= 15 is 0 Å². The summed E-state index contributed by atoms with van der Waals surface area (Å²) < 4.78 is 0. The molecule has 0 saturated carbocycles. The third-order valence-corrected chi connectivity index (χ3v) is 6.76. The van der Waals surface area contributed by atoms with Crippen molar-refractivity contribution in [1.82, 2.24) is 15.0 Å². The SMILES string of the molecule is Cc1ccc(CN(C(=O)C2CN(O)C2)c2nc(-c3sc(C)nc3C)cs2)cc1. The predicted octanol–water partition coefficient (Wildman–Crippen LogP) is 4.05. The molecule has 1 aliphatic heterocycles. The third kappa shape index (κ3) is 3.86. The second kappa shape index (κ2) is 7.71. The van der Waals surface area contributed by atoms with Crippen molar-refractivity contribution in [1.29, 1.82) is 0 Å². The monoisotopic (exact) mass is 414 g/mol. The molecule has 0 spiro atoms. The summed E-state index contributed by atoms with van der Waals surface area (Å²) in [6.45, 7) is 7.22. The number of nitrogens with zero attached hydrogens (tertiary/aromatic N) is 4. The number of rotatable bonds is 5. The average Bonchev–Trinajstić information content (AvgIpc) is 3.24. The van der Waals surface area contributed by atoms with Crippen LogP contribution in [0.15, 0.2) is 29.6 Å². The molecular formula is C20H22N4O2S2. The fraction of sp³-hybridized carbons (Fsp3) is 0.350. The molecule has 0 radical (unpaired) electrons. The van der Waals surface area contributed by atoms with Gasteiger partial charge in [-0.2, -0.15) is 5.06 Å². The quantitative estimate of drug-likeness (QED) is 0.682. The summed E-state index contributed by atoms with van der Waals surface area (Å²) in [6.07, 6.45) is 0. The van der Waals surface area contributed by atoms with Crippen molar-refractivity contribution in [3.05, 3.63) is 51.5 Å². The van der Waals surface area contributed by atoms with Gasteiger partial charge in [0.25, 0.3) is 0 Å². The van der Waals surface area contributed by atoms with Gasteiger partial charge in [-0.05, 0) is 26.3 Å². The molecule has 3 heterocycles. The second-order valence-corrected chi connectivity index (χ2v) is 9.18. The van der Waals surface area contributed by atoms with E-state index < -0.39 is 0 Å². The molecule has 1 aliphatic rings. The first-order valence-corrected chi connectivity index (χ1v) is 10.8. The number of carbonyl (C=O) groups is 1. The molecule has 2 aromatic heterocycles. The Balaban J connectivity index is 1.64. The van der Waals surface area contributed by atoms with Crippen LogP contribution in [0.1, 0.15) is 21.8 Å². The molecular weight excluding hydrogens is 392 g/mol. The molecule has 6 nitrogen and oxygen atoms in total. The number of amides is 1. The first-order chi connectivity index (χ1) is 13.4. The highest BCUT2D eigenvalue weighted by atomic mass is 32.1. The van der Waals surface area contributed by atoms with Crippen molar-refractivity contribution < 1.29 is 10.0 Å². The fourth-order valence-electron chi connectivity index (χ4n) is 3.21. The number of benzene rings is 1. The lowest BCUT2D eigenvalue weighted by Gasteiger charge is -2.35. The largest absolute Gasteiger partial charge is 0.314 e. The molecule has 28 heavy (non-hydrogen) atoms. The zero-order chi connectivity index (χ0) is 19.8. The van der Waals surface area contributed by atoms with Gasteiger partial charge >= 0.3 is 0 Å². The van der Waals surface area contributed by atoms with Gasteiger partial charge in [-0.1, -0.05) is 29.8 Å². The van der Waals surface area contributed by atoms with E-state index in [1.807, 2.05) is 50.4 Å². The van der Waals surface area contributed by atoms with Crippen LogP contribution < -0.4 is 4.90 Å². The number of carbonyl (C=O) groups excluding carboxylic acids is 1. The molecule has 1 aromatic carbocycles. The average molecular weight is 415 g/mol. The molecule has 8 heteroatoms. The van der Waals surface area contributed by atoms with E-state index in [0.717, 1.165) is 26.8 Å². The summed E-state index contributed by atoms with van der Waals surface area (Å²) in [6, 6.07) is 8.18. The number of thiazole rings is 2. The Morgan fingerprint density at radius 3 is 2.54 bits per heavy atom. The van der Waals surface area contributed by atoms with Gasteiger partial charge in [0.05, 0.1) is 33.7 Å². The van der Waals surface area contributed by atoms with Crippen LogP contribution in [-0.2, 0) is 11.3 Å². The number of hydrogen-bond acceptors (Lipinski definition) is 7. The van der Waals surface area contributed by atoms with E-state index in [4.69, 9.17) is 4.98 Å². The fourth-order valence-corrected chi connectivity index (χ4v) is 4.98. The Morgan fingerprint density at radius 1 is 1.21 bits per heavy atom. The van der Waals surface area contributed by atoms with Crippen LogP contribution in [0.5, 0.6) is 0 Å². The lowest BCUT2D eigenvalue weighted by Crippen LogP contribution is -2.53. The molecule has 0 bridgehead atoms. The zero-order valence-corrected chi connectivity index (χ0v) is 17.7. The van der Waals surface area contributed by atoms with Crippen molar-refractivity contribution >= 4 is 33.7 Å². The number of hydroxylamine groups is 2. The van der Waals surface area contributed by atoms with E-state index in [1.54, 1.807) is 16.2 Å². The van der Waals surface area contributed by atoms with Crippen LogP contribution in [-0.4, -0.2) is 39.2 Å². The van der Waals surface area contributed by atoms with E-state index in [9.17, 15) is 10.0 Å². The second-order valence-electron chi connectivity index (χ2n) is 7.14. The van der Waals surface area contributed by atoms with Crippen LogP contribution in [0.25, 0.3) is 10.6 Å². The predicted molar refractivity (Wildman–Crippen MR) is 112 cm³/mol. The highest BCUT2D eigenvalue weighted by Gasteiger charge is 2.36. The van der Waals surface area contributed by atoms with Gasteiger partial charge in [0.1, 0.15) is 0 Å². The maximum atomic E-state index is 13.1. The van der Waals surface area contributed by atoms with Gasteiger partial charge in [0, 0.05) is 18.5 Å². The van der Waals surface area contributed by atoms with Crippen LogP contribution in [0.3, 0.4) is 0 Å². The van der Waals surface area contributed by atoms with Crippen molar-refractivity contribution in [2.24, 2.45) is 5.92 Å². The number of hydrogen-bond donors (Lipinski definition) is 1. The molecule has 146 valence electrons. The zero-order valence-electron chi connectivity index (χ0n) is 16.0. The lowest BCUT2D eigenvalue weighted by atomic mass is 10.0. The van der Waals surface area contributed by atoms with Gasteiger partial charge in [-0.3, -0.25) is 9.69 Å². The van der Waals surface area contributed by atoms with Gasteiger partial charge in [-0.15, -0.1) is 22.7 Å². The van der Waals surface area contributed by atoms with Crippen LogP contribution >= 0.6 is 22.7 Å². The lowest BCUT2D eigenvalue weighted by molar-refractivity contribution is -0.176. The van der Waals surface area contributed by atoms with Crippen molar-refractivity contribution in [3.63, 3.8) is 0 Å². The minimum Gasteiger partial charge on any atom is -0.314 e. The Kier molecular flexibility index (Phi) is 5.29. The van der Waals surface area contributed by atoms with E-state index in [2.05, 4.69) is 4.98 Å². The number of anilines is 1. The molecule has 1 N–H and O–H groups in total. The first-order valence-electron chi connectivity index (χ1n) is 9.11. The Hall–Kier alpha value is -2.13. The maximum Gasteiger partial charge on any atom is 0.234 e. The van der Waals surface area contributed by atoms with Crippen LogP contribution in [0.2, 0.25) is 0 Å². The number of aryl methyl sites for hydroxylation is 3. The molecule has 1 fully saturated rings. The number of aromatic nitrogens is 2. The summed E-state index contributed by atoms with van der Waals surface area (Å²) in [7, 11) is 0. The Morgan fingerprint density at radius 2 is 1.93 bits per heavy atom. The highest BCUT2D eigenvalue weighted by molar-refractivity contribution is 7.16. The third-order valence-electron chi connectivity index (χ3n) is 4.80. The van der Waals surface area contributed by atoms with Crippen LogP contribution in [0.4, 0.5) is 5.13 Å². The topological polar surface area (TPSA) is 69.6 Å². The van der Waals surface area contributed by atoms with Gasteiger partial charge in [0.2, 0.25) is 5.91 Å². The first kappa shape index (κ1) is 19.2. The summed E-state index contributed by atoms with van der Waals surface area (Å²) >= 11 is 3.09. The van der Waals surface area contributed by atoms with E-state index in [0.29, 0.717) is 24.8 Å². The molecule has 3 aromatic rings. The minimum atomic E-state index is -0.199. The Labute approximate surface area is 172 Å². The highest BCUT2D eigenvalue weighted by Crippen LogP contribution is 2.34.